The van der Waals surface area contributed by atoms with Gasteiger partial charge in [0.15, 0.2) is 0 Å². The van der Waals surface area contributed by atoms with Crippen molar-refractivity contribution in [1.82, 2.24) is 4.90 Å². The Kier molecular flexibility index (Phi) is 5.80. The lowest BCUT2D eigenvalue weighted by atomic mass is 9.94. The van der Waals surface area contributed by atoms with E-state index in [1.165, 1.54) is 63.1 Å². The van der Waals surface area contributed by atoms with Crippen LogP contribution in [0.25, 0.3) is 0 Å². The Balaban J connectivity index is 0.00000169. The number of benzene rings is 2. The van der Waals surface area contributed by atoms with Gasteiger partial charge in [0, 0.05) is 31.4 Å². The molecule has 2 aliphatic rings. The zero-order chi connectivity index (χ0) is 15.5. The quantitative estimate of drug-likeness (QED) is 0.822. The van der Waals surface area contributed by atoms with Crippen LogP contribution in [0.1, 0.15) is 24.0 Å². The van der Waals surface area contributed by atoms with Crippen molar-refractivity contribution in [2.75, 3.05) is 31.1 Å². The van der Waals surface area contributed by atoms with Crippen LogP contribution >= 0.6 is 12.4 Å². The van der Waals surface area contributed by atoms with E-state index in [9.17, 15) is 0 Å². The van der Waals surface area contributed by atoms with Crippen LogP contribution in [0.3, 0.4) is 0 Å². The van der Waals surface area contributed by atoms with Crippen molar-refractivity contribution in [3.05, 3.63) is 65.7 Å². The molecule has 0 amide bonds. The average molecular weight is 343 g/mol. The second-order valence-electron chi connectivity index (χ2n) is 6.90. The molecule has 2 aliphatic heterocycles. The topological polar surface area (TPSA) is 6.48 Å². The molecular weight excluding hydrogens is 316 g/mol. The summed E-state index contributed by atoms with van der Waals surface area (Å²) in [5, 5.41) is 0. The SMILES string of the molecule is Cl.c1ccc(CCCN2CCN3c4ccccc4CCC3C2)cc1. The van der Waals surface area contributed by atoms with Crippen LogP contribution in [-0.2, 0) is 12.8 Å². The third-order valence-electron chi connectivity index (χ3n) is 5.40. The van der Waals surface area contributed by atoms with Crippen LogP contribution < -0.4 is 4.90 Å². The number of rotatable bonds is 4. The molecule has 3 heteroatoms. The highest BCUT2D eigenvalue weighted by molar-refractivity contribution is 5.85. The molecule has 2 nitrogen and oxygen atoms in total. The van der Waals surface area contributed by atoms with E-state index in [0.717, 1.165) is 6.04 Å². The second kappa shape index (κ2) is 8.04. The number of nitrogens with zero attached hydrogens (tertiary/aromatic N) is 2. The molecule has 2 heterocycles. The zero-order valence-corrected chi connectivity index (χ0v) is 15.0. The third kappa shape index (κ3) is 3.76. The molecule has 1 fully saturated rings. The fourth-order valence-electron chi connectivity index (χ4n) is 4.16. The minimum Gasteiger partial charge on any atom is -0.366 e. The molecule has 0 bridgehead atoms. The van der Waals surface area contributed by atoms with Gasteiger partial charge in [0.1, 0.15) is 0 Å². The van der Waals surface area contributed by atoms with Gasteiger partial charge in [-0.25, -0.2) is 0 Å². The monoisotopic (exact) mass is 342 g/mol. The molecule has 0 aliphatic carbocycles. The largest absolute Gasteiger partial charge is 0.366 e. The number of hydrogen-bond donors (Lipinski definition) is 0. The summed E-state index contributed by atoms with van der Waals surface area (Å²) in [6.45, 7) is 4.87. The first-order valence-electron chi connectivity index (χ1n) is 9.01. The molecule has 4 rings (SSSR count). The van der Waals surface area contributed by atoms with Crippen molar-refractivity contribution in [3.8, 4) is 0 Å². The molecule has 0 saturated carbocycles. The Morgan fingerprint density at radius 3 is 2.58 bits per heavy atom. The number of piperazine rings is 1. The fourth-order valence-corrected chi connectivity index (χ4v) is 4.16. The number of aryl methyl sites for hydroxylation is 2. The molecule has 0 aromatic heterocycles. The standard InChI is InChI=1S/C21H26N2.ClH/c1-2-7-18(8-3-1)9-6-14-22-15-16-23-20(17-22)13-12-19-10-4-5-11-21(19)23;/h1-5,7-8,10-11,20H,6,9,12-17H2;1H. The van der Waals surface area contributed by atoms with Crippen LogP contribution in [0.15, 0.2) is 54.6 Å². The summed E-state index contributed by atoms with van der Waals surface area (Å²) >= 11 is 0. The lowest BCUT2D eigenvalue weighted by Gasteiger charge is -2.46. The first-order chi connectivity index (χ1) is 11.4. The van der Waals surface area contributed by atoms with E-state index in [0.29, 0.717) is 0 Å². The van der Waals surface area contributed by atoms with Crippen molar-refractivity contribution in [2.45, 2.75) is 31.7 Å². The molecule has 0 radical (unpaired) electrons. The molecule has 0 spiro atoms. The maximum Gasteiger partial charge on any atom is 0.0420 e. The average Bonchev–Trinajstić information content (AvgIpc) is 2.62. The van der Waals surface area contributed by atoms with Crippen molar-refractivity contribution in [3.63, 3.8) is 0 Å². The van der Waals surface area contributed by atoms with Gasteiger partial charge in [0.25, 0.3) is 0 Å². The molecule has 1 atom stereocenters. The molecule has 24 heavy (non-hydrogen) atoms. The normalized spacial score (nSPS) is 20.0. The Bertz CT molecular complexity index is 643. The van der Waals surface area contributed by atoms with Crippen LogP contribution in [-0.4, -0.2) is 37.1 Å². The van der Waals surface area contributed by atoms with Gasteiger partial charge in [-0.2, -0.15) is 0 Å². The predicted molar refractivity (Wildman–Crippen MR) is 104 cm³/mol. The molecule has 0 N–H and O–H groups in total. The van der Waals surface area contributed by atoms with Crippen molar-refractivity contribution in [1.29, 1.82) is 0 Å². The first kappa shape index (κ1) is 17.3. The Hall–Kier alpha value is -1.51. The minimum atomic E-state index is 0. The van der Waals surface area contributed by atoms with Gasteiger partial charge in [0.2, 0.25) is 0 Å². The maximum absolute atomic E-state index is 2.68. The van der Waals surface area contributed by atoms with E-state index in [-0.39, 0.29) is 12.4 Å². The van der Waals surface area contributed by atoms with Crippen molar-refractivity contribution < 1.29 is 0 Å². The Morgan fingerprint density at radius 2 is 1.71 bits per heavy atom. The van der Waals surface area contributed by atoms with E-state index in [2.05, 4.69) is 64.4 Å². The van der Waals surface area contributed by atoms with E-state index < -0.39 is 0 Å². The molecular formula is C21H27ClN2. The van der Waals surface area contributed by atoms with E-state index in [1.54, 1.807) is 5.56 Å². The van der Waals surface area contributed by atoms with Crippen molar-refractivity contribution >= 4 is 18.1 Å². The number of hydrogen-bond acceptors (Lipinski definition) is 2. The zero-order valence-electron chi connectivity index (χ0n) is 14.2. The Labute approximate surface area is 151 Å². The summed E-state index contributed by atoms with van der Waals surface area (Å²) in [5.41, 5.74) is 4.51. The van der Waals surface area contributed by atoms with E-state index in [1.807, 2.05) is 0 Å². The molecule has 128 valence electrons. The summed E-state index contributed by atoms with van der Waals surface area (Å²) in [4.78, 5) is 5.34. The van der Waals surface area contributed by atoms with Gasteiger partial charge in [-0.05, 0) is 49.4 Å². The summed E-state index contributed by atoms with van der Waals surface area (Å²) in [6.07, 6.45) is 5.03. The highest BCUT2D eigenvalue weighted by atomic mass is 35.5. The predicted octanol–water partition coefficient (Wildman–Crippen LogP) is 4.18. The Morgan fingerprint density at radius 1 is 0.917 bits per heavy atom. The number of fused-ring (bicyclic) bond motifs is 3. The summed E-state index contributed by atoms with van der Waals surface area (Å²) in [6, 6.07) is 20.6. The summed E-state index contributed by atoms with van der Waals surface area (Å²) < 4.78 is 0. The number of para-hydroxylation sites is 1. The highest BCUT2D eigenvalue weighted by Crippen LogP contribution is 2.32. The van der Waals surface area contributed by atoms with Gasteiger partial charge in [0.05, 0.1) is 0 Å². The summed E-state index contributed by atoms with van der Waals surface area (Å²) in [7, 11) is 0. The number of anilines is 1. The smallest absolute Gasteiger partial charge is 0.0420 e. The fraction of sp³-hybridized carbons (Fsp3) is 0.429. The van der Waals surface area contributed by atoms with Gasteiger partial charge < -0.3 is 4.90 Å². The first-order valence-corrected chi connectivity index (χ1v) is 9.01. The van der Waals surface area contributed by atoms with Gasteiger partial charge in [-0.3, -0.25) is 4.90 Å². The van der Waals surface area contributed by atoms with Gasteiger partial charge in [-0.1, -0.05) is 48.5 Å². The van der Waals surface area contributed by atoms with Crippen LogP contribution in [0.4, 0.5) is 5.69 Å². The molecule has 2 aromatic carbocycles. The van der Waals surface area contributed by atoms with Crippen LogP contribution in [0, 0.1) is 0 Å². The van der Waals surface area contributed by atoms with E-state index in [4.69, 9.17) is 0 Å². The number of halogens is 1. The summed E-state index contributed by atoms with van der Waals surface area (Å²) in [5.74, 6) is 0. The van der Waals surface area contributed by atoms with Crippen LogP contribution in [0.2, 0.25) is 0 Å². The second-order valence-corrected chi connectivity index (χ2v) is 6.90. The highest BCUT2D eigenvalue weighted by Gasteiger charge is 2.30. The van der Waals surface area contributed by atoms with Crippen molar-refractivity contribution in [2.24, 2.45) is 0 Å². The lowest BCUT2D eigenvalue weighted by molar-refractivity contribution is 0.212. The van der Waals surface area contributed by atoms with E-state index >= 15 is 0 Å². The molecule has 1 unspecified atom stereocenters. The van der Waals surface area contributed by atoms with Crippen LogP contribution in [0.5, 0.6) is 0 Å². The lowest BCUT2D eigenvalue weighted by Crippen LogP contribution is -2.55. The van der Waals surface area contributed by atoms with Gasteiger partial charge in [-0.15, -0.1) is 12.4 Å². The minimum absolute atomic E-state index is 0. The maximum atomic E-state index is 2.68. The third-order valence-corrected chi connectivity index (χ3v) is 5.40. The molecule has 2 aromatic rings. The molecule has 1 saturated heterocycles. The van der Waals surface area contributed by atoms with Gasteiger partial charge >= 0.3 is 0 Å².